The van der Waals surface area contributed by atoms with Crippen molar-refractivity contribution in [3.05, 3.63) is 94.0 Å². The van der Waals surface area contributed by atoms with Gasteiger partial charge in [-0.05, 0) is 61.4 Å². The number of nitrogens with zero attached hydrogens (tertiary/aromatic N) is 1. The molecular weight excluding hydrogens is 460 g/mol. The van der Waals surface area contributed by atoms with Gasteiger partial charge in [-0.25, -0.2) is 8.42 Å². The Kier molecular flexibility index (Phi) is 6.47. The van der Waals surface area contributed by atoms with Crippen LogP contribution in [0.5, 0.6) is 0 Å². The summed E-state index contributed by atoms with van der Waals surface area (Å²) in [6.45, 7) is 3.88. The maximum atomic E-state index is 13.9. The summed E-state index contributed by atoms with van der Waals surface area (Å²) in [7, 11) is -2.70. The van der Waals surface area contributed by atoms with Gasteiger partial charge in [-0.3, -0.25) is 4.79 Å². The number of anilines is 1. The average molecular weight is 485 g/mol. The maximum absolute atomic E-state index is 13.9. The molecule has 1 aliphatic rings. The summed E-state index contributed by atoms with van der Waals surface area (Å²) in [6.07, 6.45) is -0.884. The summed E-state index contributed by atoms with van der Waals surface area (Å²) in [6, 6.07) is 18.8. The van der Waals surface area contributed by atoms with Crippen LogP contribution in [0.15, 0.2) is 71.6 Å². The van der Waals surface area contributed by atoms with E-state index in [1.54, 1.807) is 42.5 Å². The van der Waals surface area contributed by atoms with Crippen LogP contribution in [-0.2, 0) is 19.6 Å². The van der Waals surface area contributed by atoms with Crippen LogP contribution >= 0.6 is 11.6 Å². The van der Waals surface area contributed by atoms with Crippen molar-refractivity contribution in [3.8, 4) is 0 Å². The quantitative estimate of drug-likeness (QED) is 0.475. The third-order valence-electron chi connectivity index (χ3n) is 5.80. The lowest BCUT2D eigenvalue weighted by Crippen LogP contribution is -2.37. The molecule has 2 atom stereocenters. The molecule has 33 heavy (non-hydrogen) atoms. The molecule has 1 N–H and O–H groups in total. The highest BCUT2D eigenvalue weighted by atomic mass is 35.5. The second-order valence-electron chi connectivity index (χ2n) is 8.13. The number of sulfonamides is 1. The fraction of sp³-hybridized carbons (Fsp3) is 0.240. The molecule has 0 amide bonds. The van der Waals surface area contributed by atoms with Crippen molar-refractivity contribution in [2.75, 3.05) is 12.4 Å². The van der Waals surface area contributed by atoms with Crippen LogP contribution in [0.1, 0.15) is 40.9 Å². The Morgan fingerprint density at radius 3 is 2.18 bits per heavy atom. The van der Waals surface area contributed by atoms with Gasteiger partial charge >= 0.3 is 5.97 Å². The molecule has 6 nitrogen and oxygen atoms in total. The number of carbonyl (C=O) groups is 1. The summed E-state index contributed by atoms with van der Waals surface area (Å²) < 4.78 is 34.1. The van der Waals surface area contributed by atoms with Crippen molar-refractivity contribution < 1.29 is 17.9 Å². The Balaban J connectivity index is 1.87. The standard InChI is InChI=1S/C25H25ClN2O4S/c1-16-4-9-19(10-5-16)27-25-22-14-18(26)8-13-21(22)23(15-24(29)32-3)28(25)33(30,31)20-11-6-17(2)7-12-20/h4-14,23,25,27H,15H2,1-3H3/t23-,25-/m1/s1. The van der Waals surface area contributed by atoms with Gasteiger partial charge in [0.25, 0.3) is 0 Å². The normalized spacial score (nSPS) is 18.1. The molecule has 0 bridgehead atoms. The van der Waals surface area contributed by atoms with Crippen LogP contribution in [0.25, 0.3) is 0 Å². The van der Waals surface area contributed by atoms with Crippen LogP contribution in [0.2, 0.25) is 5.02 Å². The van der Waals surface area contributed by atoms with Gasteiger partial charge in [-0.2, -0.15) is 4.31 Å². The molecule has 172 valence electrons. The van der Waals surface area contributed by atoms with E-state index in [0.29, 0.717) is 16.1 Å². The van der Waals surface area contributed by atoms with E-state index in [-0.39, 0.29) is 11.3 Å². The predicted molar refractivity (Wildman–Crippen MR) is 129 cm³/mol. The minimum absolute atomic E-state index is 0.123. The average Bonchev–Trinajstić information content (AvgIpc) is 3.08. The van der Waals surface area contributed by atoms with Crippen molar-refractivity contribution in [3.63, 3.8) is 0 Å². The highest BCUT2D eigenvalue weighted by molar-refractivity contribution is 7.89. The van der Waals surface area contributed by atoms with Crippen LogP contribution in [0.4, 0.5) is 5.69 Å². The molecule has 0 saturated heterocycles. The Hall–Kier alpha value is -2.87. The number of esters is 1. The summed E-state index contributed by atoms with van der Waals surface area (Å²) in [4.78, 5) is 12.5. The van der Waals surface area contributed by atoms with Gasteiger partial charge in [0, 0.05) is 10.7 Å². The molecule has 0 aliphatic carbocycles. The molecule has 8 heteroatoms. The van der Waals surface area contributed by atoms with Gasteiger partial charge < -0.3 is 10.1 Å². The van der Waals surface area contributed by atoms with Gasteiger partial charge in [0.05, 0.1) is 24.5 Å². The summed E-state index contributed by atoms with van der Waals surface area (Å²) in [5.41, 5.74) is 4.20. The molecule has 1 aliphatic heterocycles. The van der Waals surface area contributed by atoms with E-state index in [4.69, 9.17) is 16.3 Å². The third kappa shape index (κ3) is 4.62. The third-order valence-corrected chi connectivity index (χ3v) is 7.93. The first-order chi connectivity index (χ1) is 15.7. The number of aryl methyl sites for hydroxylation is 2. The first kappa shape index (κ1) is 23.3. The van der Waals surface area contributed by atoms with E-state index in [9.17, 15) is 13.2 Å². The van der Waals surface area contributed by atoms with E-state index in [1.807, 2.05) is 38.1 Å². The molecule has 0 aromatic heterocycles. The topological polar surface area (TPSA) is 75.7 Å². The van der Waals surface area contributed by atoms with Gasteiger partial charge in [-0.15, -0.1) is 0 Å². The van der Waals surface area contributed by atoms with E-state index >= 15 is 0 Å². The van der Waals surface area contributed by atoms with Gasteiger partial charge in [0.1, 0.15) is 6.17 Å². The second-order valence-corrected chi connectivity index (χ2v) is 10.4. The number of halogens is 1. The first-order valence-corrected chi connectivity index (χ1v) is 12.3. The van der Waals surface area contributed by atoms with Crippen molar-refractivity contribution in [1.82, 2.24) is 4.31 Å². The van der Waals surface area contributed by atoms with Crippen LogP contribution in [0.3, 0.4) is 0 Å². The van der Waals surface area contributed by atoms with E-state index in [0.717, 1.165) is 16.8 Å². The Bertz CT molecular complexity index is 1270. The Labute approximate surface area is 199 Å². The molecule has 3 aromatic rings. The fourth-order valence-corrected chi connectivity index (χ4v) is 5.94. The number of rotatable bonds is 6. The van der Waals surface area contributed by atoms with Gasteiger partial charge in [0.15, 0.2) is 0 Å². The SMILES string of the molecule is COC(=O)C[C@@H]1c2ccc(Cl)cc2[C@H](Nc2ccc(C)cc2)N1S(=O)(=O)c1ccc(C)cc1. The molecule has 0 saturated carbocycles. The number of benzene rings is 3. The first-order valence-electron chi connectivity index (χ1n) is 10.5. The highest BCUT2D eigenvalue weighted by Crippen LogP contribution is 2.48. The van der Waals surface area contributed by atoms with Gasteiger partial charge in [0.2, 0.25) is 10.0 Å². The summed E-state index contributed by atoms with van der Waals surface area (Å²) in [5.74, 6) is -0.499. The minimum atomic E-state index is -4.00. The molecule has 0 spiro atoms. The van der Waals surface area contributed by atoms with Crippen molar-refractivity contribution in [2.24, 2.45) is 0 Å². The molecule has 0 unspecified atom stereocenters. The smallest absolute Gasteiger partial charge is 0.307 e. The lowest BCUT2D eigenvalue weighted by molar-refractivity contribution is -0.141. The minimum Gasteiger partial charge on any atom is -0.469 e. The fourth-order valence-electron chi connectivity index (χ4n) is 4.07. The van der Waals surface area contributed by atoms with Crippen molar-refractivity contribution in [2.45, 2.75) is 37.4 Å². The number of hydrogen-bond donors (Lipinski definition) is 1. The number of methoxy groups -OCH3 is 1. The van der Waals surface area contributed by atoms with E-state index < -0.39 is 28.2 Å². The van der Waals surface area contributed by atoms with E-state index in [1.165, 1.54) is 11.4 Å². The second kappa shape index (κ2) is 9.17. The zero-order valence-corrected chi connectivity index (χ0v) is 20.2. The molecule has 3 aromatic carbocycles. The number of carbonyl (C=O) groups excluding carboxylic acids is 1. The summed E-state index contributed by atoms with van der Waals surface area (Å²) >= 11 is 6.30. The number of nitrogens with one attached hydrogen (secondary N) is 1. The monoisotopic (exact) mass is 484 g/mol. The van der Waals surface area contributed by atoms with Crippen LogP contribution in [-0.4, -0.2) is 25.8 Å². The lowest BCUT2D eigenvalue weighted by atomic mass is 10.0. The molecular formula is C25H25ClN2O4S. The number of fused-ring (bicyclic) bond motifs is 1. The van der Waals surface area contributed by atoms with Crippen molar-refractivity contribution >= 4 is 33.3 Å². The Morgan fingerprint density at radius 1 is 0.970 bits per heavy atom. The molecule has 4 rings (SSSR count). The molecule has 0 radical (unpaired) electrons. The number of hydrogen-bond acceptors (Lipinski definition) is 5. The highest BCUT2D eigenvalue weighted by Gasteiger charge is 2.47. The predicted octanol–water partition coefficient (Wildman–Crippen LogP) is 5.38. The number of ether oxygens (including phenoxy) is 1. The maximum Gasteiger partial charge on any atom is 0.307 e. The zero-order valence-electron chi connectivity index (χ0n) is 18.6. The van der Waals surface area contributed by atoms with Crippen molar-refractivity contribution in [1.29, 1.82) is 0 Å². The van der Waals surface area contributed by atoms with Crippen LogP contribution in [0, 0.1) is 13.8 Å². The zero-order chi connectivity index (χ0) is 23.8. The lowest BCUT2D eigenvalue weighted by Gasteiger charge is -2.30. The molecule has 0 fully saturated rings. The largest absolute Gasteiger partial charge is 0.469 e. The Morgan fingerprint density at radius 2 is 1.58 bits per heavy atom. The summed E-state index contributed by atoms with van der Waals surface area (Å²) in [5, 5.41) is 3.83. The van der Waals surface area contributed by atoms with Gasteiger partial charge in [-0.1, -0.05) is 53.1 Å². The van der Waals surface area contributed by atoms with E-state index in [2.05, 4.69) is 5.32 Å². The van der Waals surface area contributed by atoms with Crippen LogP contribution < -0.4 is 5.32 Å². The molecule has 1 heterocycles.